The van der Waals surface area contributed by atoms with Crippen molar-refractivity contribution in [3.63, 3.8) is 0 Å². The minimum atomic E-state index is -1.03. The van der Waals surface area contributed by atoms with Gasteiger partial charge in [0.1, 0.15) is 0 Å². The van der Waals surface area contributed by atoms with E-state index in [0.717, 1.165) is 5.56 Å². The number of anilines is 2. The highest BCUT2D eigenvalue weighted by Crippen LogP contribution is 2.38. The van der Waals surface area contributed by atoms with Gasteiger partial charge in [0.05, 0.1) is 35.2 Å². The van der Waals surface area contributed by atoms with Crippen molar-refractivity contribution in [3.05, 3.63) is 94.5 Å². The van der Waals surface area contributed by atoms with Crippen molar-refractivity contribution in [1.82, 2.24) is 4.90 Å². The van der Waals surface area contributed by atoms with Gasteiger partial charge in [0, 0.05) is 17.8 Å². The first-order chi connectivity index (χ1) is 16.8. The molecule has 0 bridgehead atoms. The molecular formula is C27H25N3O5. The summed E-state index contributed by atoms with van der Waals surface area (Å²) in [6, 6.07) is 19.3. The number of aromatic carboxylic acids is 1. The first-order valence-corrected chi connectivity index (χ1v) is 10.9. The maximum absolute atomic E-state index is 13.1. The van der Waals surface area contributed by atoms with Crippen molar-refractivity contribution in [3.8, 4) is 0 Å². The SMILES string of the molecule is COC(=O)c1ccc2c(c1)NC(=O)C2=C(Nc1ccc(CN(C)C)c(C(=O)O)c1)c1ccccc1. The molecule has 0 atom stereocenters. The van der Waals surface area contributed by atoms with Gasteiger partial charge in [-0.3, -0.25) is 4.79 Å². The normalized spacial score (nSPS) is 13.8. The van der Waals surface area contributed by atoms with Crippen LogP contribution in [0.4, 0.5) is 11.4 Å². The Morgan fingerprint density at radius 1 is 1.00 bits per heavy atom. The van der Waals surface area contributed by atoms with E-state index >= 15 is 0 Å². The number of fused-ring (bicyclic) bond motifs is 1. The fourth-order valence-electron chi connectivity index (χ4n) is 4.03. The minimum Gasteiger partial charge on any atom is -0.478 e. The quantitative estimate of drug-likeness (QED) is 0.351. The molecule has 35 heavy (non-hydrogen) atoms. The van der Waals surface area contributed by atoms with Gasteiger partial charge in [-0.1, -0.05) is 42.5 Å². The van der Waals surface area contributed by atoms with E-state index in [1.807, 2.05) is 49.3 Å². The number of ether oxygens (including phenoxy) is 1. The first kappa shape index (κ1) is 23.7. The van der Waals surface area contributed by atoms with Crippen LogP contribution in [0.1, 0.15) is 37.4 Å². The average Bonchev–Trinajstić information content (AvgIpc) is 3.17. The number of nitrogens with one attached hydrogen (secondary N) is 2. The number of carbonyl (C=O) groups is 3. The van der Waals surface area contributed by atoms with Gasteiger partial charge in [0.2, 0.25) is 0 Å². The van der Waals surface area contributed by atoms with Crippen molar-refractivity contribution in [2.45, 2.75) is 6.54 Å². The third-order valence-electron chi connectivity index (χ3n) is 5.59. The van der Waals surface area contributed by atoms with Crippen LogP contribution < -0.4 is 10.6 Å². The molecule has 3 aromatic rings. The monoisotopic (exact) mass is 471 g/mol. The molecule has 3 N–H and O–H groups in total. The fraction of sp³-hybridized carbons (Fsp3) is 0.148. The van der Waals surface area contributed by atoms with Crippen molar-refractivity contribution in [2.75, 3.05) is 31.8 Å². The fourth-order valence-corrected chi connectivity index (χ4v) is 4.03. The Bertz CT molecular complexity index is 1350. The molecule has 4 rings (SSSR count). The molecule has 0 aromatic heterocycles. The van der Waals surface area contributed by atoms with E-state index in [1.54, 1.807) is 36.4 Å². The van der Waals surface area contributed by atoms with E-state index in [1.165, 1.54) is 7.11 Å². The molecule has 0 radical (unpaired) electrons. The van der Waals surface area contributed by atoms with E-state index in [-0.39, 0.29) is 11.5 Å². The summed E-state index contributed by atoms with van der Waals surface area (Å²) >= 11 is 0. The van der Waals surface area contributed by atoms with Crippen molar-refractivity contribution >= 4 is 40.5 Å². The van der Waals surface area contributed by atoms with Crippen molar-refractivity contribution < 1.29 is 24.2 Å². The Hall–Kier alpha value is -4.43. The van der Waals surface area contributed by atoms with Crippen molar-refractivity contribution in [1.29, 1.82) is 0 Å². The van der Waals surface area contributed by atoms with Crippen LogP contribution in [0.25, 0.3) is 11.3 Å². The predicted octanol–water partition coefficient (Wildman–Crippen LogP) is 4.17. The Balaban J connectivity index is 1.84. The Kier molecular flexibility index (Phi) is 6.66. The van der Waals surface area contributed by atoms with E-state index in [9.17, 15) is 19.5 Å². The van der Waals surface area contributed by atoms with Crippen molar-refractivity contribution in [2.24, 2.45) is 0 Å². The maximum Gasteiger partial charge on any atom is 0.337 e. The summed E-state index contributed by atoms with van der Waals surface area (Å²) in [6.45, 7) is 0.479. The summed E-state index contributed by atoms with van der Waals surface area (Å²) < 4.78 is 4.78. The standard InChI is InChI=1S/C27H25N3O5/c1-30(2)15-18-9-11-19(14-21(18)26(32)33)28-24(16-7-5-4-6-8-16)23-20-12-10-17(27(34)35-3)13-22(20)29-25(23)31/h4-14,28H,15H2,1-3H3,(H,29,31)(H,32,33). The van der Waals surface area contributed by atoms with Crippen LogP contribution in [0.3, 0.4) is 0 Å². The zero-order valence-electron chi connectivity index (χ0n) is 19.6. The van der Waals surface area contributed by atoms with E-state index in [4.69, 9.17) is 4.74 Å². The summed E-state index contributed by atoms with van der Waals surface area (Å²) in [6.07, 6.45) is 0. The zero-order chi connectivity index (χ0) is 25.1. The van der Waals surface area contributed by atoms with E-state index in [2.05, 4.69) is 10.6 Å². The zero-order valence-corrected chi connectivity index (χ0v) is 19.6. The van der Waals surface area contributed by atoms with Gasteiger partial charge in [-0.25, -0.2) is 9.59 Å². The third kappa shape index (κ3) is 4.92. The number of carboxylic acid groups (broad SMARTS) is 1. The van der Waals surface area contributed by atoms with Crippen LogP contribution in [0.2, 0.25) is 0 Å². The highest BCUT2D eigenvalue weighted by Gasteiger charge is 2.29. The summed E-state index contributed by atoms with van der Waals surface area (Å²) in [7, 11) is 5.04. The smallest absolute Gasteiger partial charge is 0.337 e. The highest BCUT2D eigenvalue weighted by atomic mass is 16.5. The van der Waals surface area contributed by atoms with Gasteiger partial charge in [0.25, 0.3) is 5.91 Å². The predicted molar refractivity (Wildman–Crippen MR) is 134 cm³/mol. The lowest BCUT2D eigenvalue weighted by molar-refractivity contribution is -0.110. The number of hydrogen-bond acceptors (Lipinski definition) is 6. The molecule has 8 nitrogen and oxygen atoms in total. The molecule has 0 aliphatic carbocycles. The second-order valence-corrected chi connectivity index (χ2v) is 8.36. The maximum atomic E-state index is 13.1. The number of carboxylic acids is 1. The molecule has 1 amide bonds. The number of benzene rings is 3. The molecule has 8 heteroatoms. The topological polar surface area (TPSA) is 108 Å². The lowest BCUT2D eigenvalue weighted by atomic mass is 9.98. The van der Waals surface area contributed by atoms with E-state index in [0.29, 0.717) is 45.9 Å². The molecule has 178 valence electrons. The summed E-state index contributed by atoms with van der Waals surface area (Å²) in [5.74, 6) is -1.87. The summed E-state index contributed by atoms with van der Waals surface area (Å²) in [5, 5.41) is 15.9. The number of methoxy groups -OCH3 is 1. The third-order valence-corrected chi connectivity index (χ3v) is 5.59. The average molecular weight is 472 g/mol. The lowest BCUT2D eigenvalue weighted by Crippen LogP contribution is -2.15. The van der Waals surface area contributed by atoms with Crippen LogP contribution in [0, 0.1) is 0 Å². The first-order valence-electron chi connectivity index (χ1n) is 10.9. The Morgan fingerprint density at radius 3 is 2.40 bits per heavy atom. The Morgan fingerprint density at radius 2 is 1.74 bits per heavy atom. The second-order valence-electron chi connectivity index (χ2n) is 8.36. The molecule has 1 aliphatic rings. The van der Waals surface area contributed by atoms with Crippen LogP contribution in [0.5, 0.6) is 0 Å². The van der Waals surface area contributed by atoms with Gasteiger partial charge < -0.3 is 25.4 Å². The molecule has 0 saturated carbocycles. The summed E-state index contributed by atoms with van der Waals surface area (Å²) in [5.41, 5.74) is 4.49. The lowest BCUT2D eigenvalue weighted by Gasteiger charge is -2.17. The number of esters is 1. The van der Waals surface area contributed by atoms with Gasteiger partial charge in [-0.05, 0) is 49.5 Å². The number of hydrogen-bond donors (Lipinski definition) is 3. The molecule has 0 saturated heterocycles. The molecule has 3 aromatic carbocycles. The van der Waals surface area contributed by atoms with E-state index < -0.39 is 11.9 Å². The molecule has 1 aliphatic heterocycles. The molecular weight excluding hydrogens is 446 g/mol. The molecule has 0 fully saturated rings. The van der Waals surface area contributed by atoms with Gasteiger partial charge in [0.15, 0.2) is 0 Å². The van der Waals surface area contributed by atoms with Gasteiger partial charge in [-0.2, -0.15) is 0 Å². The number of rotatable bonds is 7. The molecule has 0 spiro atoms. The summed E-state index contributed by atoms with van der Waals surface area (Å²) in [4.78, 5) is 38.9. The van der Waals surface area contributed by atoms with Crippen LogP contribution in [-0.2, 0) is 16.1 Å². The number of amides is 1. The van der Waals surface area contributed by atoms with Crippen LogP contribution in [-0.4, -0.2) is 49.1 Å². The highest BCUT2D eigenvalue weighted by molar-refractivity contribution is 6.37. The van der Waals surface area contributed by atoms with Crippen LogP contribution >= 0.6 is 0 Å². The molecule has 1 heterocycles. The van der Waals surface area contributed by atoms with Crippen LogP contribution in [0.15, 0.2) is 66.7 Å². The largest absolute Gasteiger partial charge is 0.478 e. The second kappa shape index (κ2) is 9.82. The van der Waals surface area contributed by atoms with Gasteiger partial charge in [-0.15, -0.1) is 0 Å². The number of nitrogens with zero attached hydrogens (tertiary/aromatic N) is 1. The minimum absolute atomic E-state index is 0.181. The number of carbonyl (C=O) groups excluding carboxylic acids is 2. The Labute approximate surface area is 202 Å². The van der Waals surface area contributed by atoms with Gasteiger partial charge >= 0.3 is 11.9 Å². The molecule has 0 unspecified atom stereocenters.